The number of hydrogen-bond acceptors (Lipinski definition) is 2. The van der Waals surface area contributed by atoms with Crippen molar-refractivity contribution in [2.45, 2.75) is 6.42 Å². The Bertz CT molecular complexity index is 680. The Hall–Kier alpha value is -1.31. The molecule has 22 heavy (non-hydrogen) atoms. The summed E-state index contributed by atoms with van der Waals surface area (Å²) >= 11 is 14.2. The van der Waals surface area contributed by atoms with Crippen LogP contribution in [-0.2, 0) is 6.42 Å². The number of halogens is 4. The summed E-state index contributed by atoms with van der Waals surface area (Å²) in [6.07, 6.45) is 0.175. The van der Waals surface area contributed by atoms with Gasteiger partial charge < -0.3 is 10.6 Å². The van der Waals surface area contributed by atoms with Crippen LogP contribution in [0.3, 0.4) is 0 Å². The molecule has 2 aromatic rings. The minimum Gasteiger partial charge on any atom is -0.362 e. The minimum atomic E-state index is -0.568. The first-order chi connectivity index (χ1) is 10.5. The van der Waals surface area contributed by atoms with Crippen molar-refractivity contribution in [3.63, 3.8) is 0 Å². The molecule has 0 bridgehead atoms. The maximum Gasteiger partial charge on any atom is 0.171 e. The fourth-order valence-corrected chi connectivity index (χ4v) is 2.30. The van der Waals surface area contributed by atoms with Gasteiger partial charge in [0.2, 0.25) is 0 Å². The van der Waals surface area contributed by atoms with Crippen LogP contribution >= 0.6 is 39.7 Å². The molecule has 0 spiro atoms. The van der Waals surface area contributed by atoms with Gasteiger partial charge in [0.1, 0.15) is 22.6 Å². The quantitative estimate of drug-likeness (QED) is 0.586. The van der Waals surface area contributed by atoms with Gasteiger partial charge in [-0.05, 0) is 58.8 Å². The Morgan fingerprint density at radius 1 is 1.23 bits per heavy atom. The summed E-state index contributed by atoms with van der Waals surface area (Å²) < 4.78 is 27.6. The first kappa shape index (κ1) is 17.1. The van der Waals surface area contributed by atoms with Crippen LogP contribution < -0.4 is 10.6 Å². The Balaban J connectivity index is 1.86. The summed E-state index contributed by atoms with van der Waals surface area (Å²) in [6.45, 7) is 0.286. The monoisotopic (exact) mass is 405 g/mol. The highest BCUT2D eigenvalue weighted by Gasteiger charge is 2.08. The van der Waals surface area contributed by atoms with Gasteiger partial charge in [-0.25, -0.2) is 13.8 Å². The number of rotatable bonds is 4. The summed E-state index contributed by atoms with van der Waals surface area (Å²) in [5, 5.41) is 6.30. The van der Waals surface area contributed by atoms with Crippen molar-refractivity contribution >= 4 is 50.7 Å². The highest BCUT2D eigenvalue weighted by Crippen LogP contribution is 2.21. The van der Waals surface area contributed by atoms with Crippen LogP contribution in [0.2, 0.25) is 5.15 Å². The molecule has 0 radical (unpaired) electrons. The van der Waals surface area contributed by atoms with Gasteiger partial charge in [0, 0.05) is 12.1 Å². The molecule has 0 fully saturated rings. The molecule has 1 aromatic heterocycles. The van der Waals surface area contributed by atoms with E-state index in [1.54, 1.807) is 12.1 Å². The number of benzene rings is 1. The van der Waals surface area contributed by atoms with E-state index in [0.29, 0.717) is 20.6 Å². The highest BCUT2D eigenvalue weighted by molar-refractivity contribution is 9.10. The molecule has 0 amide bonds. The first-order valence-corrected chi connectivity index (χ1v) is 7.85. The molecule has 2 N–H and O–H groups in total. The largest absolute Gasteiger partial charge is 0.362 e. The van der Waals surface area contributed by atoms with E-state index in [4.69, 9.17) is 23.8 Å². The molecule has 8 heteroatoms. The molecule has 1 heterocycles. The molecular formula is C14H11BrClF2N3S. The van der Waals surface area contributed by atoms with E-state index < -0.39 is 11.6 Å². The number of hydrogen-bond donors (Lipinski definition) is 2. The van der Waals surface area contributed by atoms with Crippen LogP contribution in [0.4, 0.5) is 14.6 Å². The molecule has 0 aliphatic carbocycles. The molecule has 3 nitrogen and oxygen atoms in total. The summed E-state index contributed by atoms with van der Waals surface area (Å²) in [5.74, 6) is -0.660. The maximum atomic E-state index is 13.5. The Labute approximate surface area is 145 Å². The highest BCUT2D eigenvalue weighted by atomic mass is 79.9. The SMILES string of the molecule is Fc1cccc(F)c1CCNC(=S)Nc1ccc(Br)c(Cl)n1. The van der Waals surface area contributed by atoms with Gasteiger partial charge in [-0.1, -0.05) is 17.7 Å². The Morgan fingerprint density at radius 3 is 2.55 bits per heavy atom. The van der Waals surface area contributed by atoms with Gasteiger partial charge in [-0.15, -0.1) is 0 Å². The predicted octanol–water partition coefficient (Wildman–Crippen LogP) is 4.30. The van der Waals surface area contributed by atoms with Crippen LogP contribution in [-0.4, -0.2) is 16.6 Å². The molecule has 0 aliphatic heterocycles. The van der Waals surface area contributed by atoms with Crippen LogP contribution in [0.5, 0.6) is 0 Å². The number of anilines is 1. The third-order valence-corrected chi connectivity index (χ3v) is 4.17. The number of nitrogens with one attached hydrogen (secondary N) is 2. The van der Waals surface area contributed by atoms with E-state index in [2.05, 4.69) is 31.5 Å². The lowest BCUT2D eigenvalue weighted by Gasteiger charge is -2.11. The van der Waals surface area contributed by atoms with E-state index in [-0.39, 0.29) is 18.5 Å². The van der Waals surface area contributed by atoms with Gasteiger partial charge in [-0.3, -0.25) is 0 Å². The van der Waals surface area contributed by atoms with E-state index in [1.165, 1.54) is 18.2 Å². The van der Waals surface area contributed by atoms with Gasteiger partial charge >= 0.3 is 0 Å². The van der Waals surface area contributed by atoms with Crippen LogP contribution in [0, 0.1) is 11.6 Å². The number of nitrogens with zero attached hydrogens (tertiary/aromatic N) is 1. The summed E-state index contributed by atoms with van der Waals surface area (Å²) in [7, 11) is 0. The Morgan fingerprint density at radius 2 is 1.91 bits per heavy atom. The second-order valence-corrected chi connectivity index (χ2v) is 5.92. The van der Waals surface area contributed by atoms with E-state index >= 15 is 0 Å². The third kappa shape index (κ3) is 4.59. The van der Waals surface area contributed by atoms with E-state index in [0.717, 1.165) is 0 Å². The third-order valence-electron chi connectivity index (χ3n) is 2.77. The molecule has 1 aromatic carbocycles. The van der Waals surface area contributed by atoms with Crippen molar-refractivity contribution in [2.24, 2.45) is 0 Å². The maximum absolute atomic E-state index is 13.5. The van der Waals surface area contributed by atoms with Crippen LogP contribution in [0.15, 0.2) is 34.8 Å². The van der Waals surface area contributed by atoms with Crippen molar-refractivity contribution < 1.29 is 8.78 Å². The zero-order valence-corrected chi connectivity index (χ0v) is 14.3. The molecule has 0 unspecified atom stereocenters. The zero-order chi connectivity index (χ0) is 16.1. The smallest absolute Gasteiger partial charge is 0.171 e. The normalized spacial score (nSPS) is 10.4. The lowest BCUT2D eigenvalue weighted by atomic mass is 10.1. The summed E-state index contributed by atoms with van der Waals surface area (Å²) in [6, 6.07) is 7.21. The summed E-state index contributed by atoms with van der Waals surface area (Å²) in [5.41, 5.74) is 0.0302. The fraction of sp³-hybridized carbons (Fsp3) is 0.143. The van der Waals surface area contributed by atoms with Gasteiger partial charge in [-0.2, -0.15) is 0 Å². The second-order valence-electron chi connectivity index (χ2n) is 4.30. The first-order valence-electron chi connectivity index (χ1n) is 6.27. The van der Waals surface area contributed by atoms with E-state index in [9.17, 15) is 8.78 Å². The second kappa shape index (κ2) is 7.80. The minimum absolute atomic E-state index is 0.0302. The van der Waals surface area contributed by atoms with E-state index in [1.807, 2.05) is 0 Å². The molecule has 0 aliphatic rings. The van der Waals surface area contributed by atoms with Crippen molar-refractivity contribution in [2.75, 3.05) is 11.9 Å². The van der Waals surface area contributed by atoms with Crippen molar-refractivity contribution in [3.05, 3.63) is 57.2 Å². The average molecular weight is 407 g/mol. The predicted molar refractivity (Wildman–Crippen MR) is 91.2 cm³/mol. The van der Waals surface area contributed by atoms with Gasteiger partial charge in [0.15, 0.2) is 5.11 Å². The standard InChI is InChI=1S/C14H11BrClF2N3S/c15-9-4-5-12(20-13(9)16)21-14(22)19-7-6-8-10(17)2-1-3-11(8)18/h1-5H,6-7H2,(H2,19,20,21,22). The average Bonchev–Trinajstić information content (AvgIpc) is 2.46. The molecule has 0 atom stereocenters. The lowest BCUT2D eigenvalue weighted by molar-refractivity contribution is 0.553. The van der Waals surface area contributed by atoms with Crippen molar-refractivity contribution in [3.8, 4) is 0 Å². The number of aromatic nitrogens is 1. The molecular weight excluding hydrogens is 396 g/mol. The topological polar surface area (TPSA) is 37.0 Å². The fourth-order valence-electron chi connectivity index (χ4n) is 1.72. The zero-order valence-electron chi connectivity index (χ0n) is 11.2. The lowest BCUT2D eigenvalue weighted by Crippen LogP contribution is -2.30. The van der Waals surface area contributed by atoms with Crippen molar-refractivity contribution in [1.82, 2.24) is 10.3 Å². The Kier molecular flexibility index (Phi) is 6.05. The molecule has 0 saturated heterocycles. The van der Waals surface area contributed by atoms with Gasteiger partial charge in [0.25, 0.3) is 0 Å². The van der Waals surface area contributed by atoms with Crippen molar-refractivity contribution in [1.29, 1.82) is 0 Å². The number of thiocarbonyl (C=S) groups is 1. The number of pyridine rings is 1. The van der Waals surface area contributed by atoms with Gasteiger partial charge in [0.05, 0.1) is 4.47 Å². The molecule has 2 rings (SSSR count). The van der Waals surface area contributed by atoms with Crippen LogP contribution in [0.1, 0.15) is 5.56 Å². The molecule has 116 valence electrons. The summed E-state index contributed by atoms with van der Waals surface area (Å²) in [4.78, 5) is 4.07. The molecule has 0 saturated carbocycles. The van der Waals surface area contributed by atoms with Crippen LogP contribution in [0.25, 0.3) is 0 Å².